The van der Waals surface area contributed by atoms with Crippen LogP contribution in [0.5, 0.6) is 0 Å². The van der Waals surface area contributed by atoms with E-state index in [1.54, 1.807) is 0 Å². The summed E-state index contributed by atoms with van der Waals surface area (Å²) < 4.78 is 16.0. The van der Waals surface area contributed by atoms with Crippen molar-refractivity contribution in [2.45, 2.75) is 39.7 Å². The molecule has 170 valence electrons. The number of nitrogens with zero attached hydrogens (tertiary/aromatic N) is 2. The highest BCUT2D eigenvalue weighted by atomic mass is 19.1. The Hall–Kier alpha value is -3.40. The predicted octanol–water partition coefficient (Wildman–Crippen LogP) is 6.53. The number of amides is 1. The monoisotopic (exact) mass is 442 g/mol. The number of halogens is 1. The summed E-state index contributed by atoms with van der Waals surface area (Å²) in [5.41, 5.74) is 5.66. The molecule has 0 saturated carbocycles. The summed E-state index contributed by atoms with van der Waals surface area (Å²) in [5, 5.41) is 1.13. The zero-order valence-corrected chi connectivity index (χ0v) is 19.6. The average molecular weight is 443 g/mol. The van der Waals surface area contributed by atoms with Crippen LogP contribution >= 0.6 is 0 Å². The van der Waals surface area contributed by atoms with Crippen LogP contribution in [0.2, 0.25) is 0 Å². The van der Waals surface area contributed by atoms with Crippen LogP contribution in [-0.4, -0.2) is 28.5 Å². The summed E-state index contributed by atoms with van der Waals surface area (Å²) in [5.74, 6) is -0.304. The zero-order chi connectivity index (χ0) is 23.4. The van der Waals surface area contributed by atoms with Gasteiger partial charge in [-0.3, -0.25) is 4.79 Å². The highest BCUT2D eigenvalue weighted by Crippen LogP contribution is 2.35. The lowest BCUT2D eigenvalue weighted by atomic mass is 9.87. The quantitative estimate of drug-likeness (QED) is 0.305. The van der Waals surface area contributed by atoms with Crippen molar-refractivity contribution >= 4 is 16.8 Å². The zero-order valence-electron chi connectivity index (χ0n) is 19.6. The Morgan fingerprint density at radius 1 is 0.939 bits per heavy atom. The molecule has 1 aromatic heterocycles. The summed E-state index contributed by atoms with van der Waals surface area (Å²) in [7, 11) is 0. The number of carbonyl (C=O) groups excluding carboxylic acids is 1. The Morgan fingerprint density at radius 2 is 1.61 bits per heavy atom. The van der Waals surface area contributed by atoms with E-state index in [9.17, 15) is 9.18 Å². The van der Waals surface area contributed by atoms with Gasteiger partial charge in [-0.2, -0.15) is 0 Å². The van der Waals surface area contributed by atoms with Gasteiger partial charge >= 0.3 is 0 Å². The molecule has 0 saturated heterocycles. The van der Waals surface area contributed by atoms with Gasteiger partial charge in [-0.15, -0.1) is 0 Å². The van der Waals surface area contributed by atoms with E-state index in [1.807, 2.05) is 43.0 Å². The first-order valence-electron chi connectivity index (χ1n) is 11.7. The van der Waals surface area contributed by atoms with Crippen LogP contribution in [-0.2, 0) is 11.3 Å². The van der Waals surface area contributed by atoms with Gasteiger partial charge in [0, 0.05) is 49.1 Å². The molecular weight excluding hydrogens is 411 g/mol. The van der Waals surface area contributed by atoms with E-state index in [-0.39, 0.29) is 17.6 Å². The maximum atomic E-state index is 13.7. The largest absolute Gasteiger partial charge is 0.343 e. The highest BCUT2D eigenvalue weighted by Gasteiger charge is 2.24. The van der Waals surface area contributed by atoms with Gasteiger partial charge in [0.25, 0.3) is 0 Å². The molecule has 1 amide bonds. The van der Waals surface area contributed by atoms with E-state index in [2.05, 4.69) is 54.1 Å². The molecule has 3 aromatic carbocycles. The molecule has 4 aromatic rings. The first kappa shape index (κ1) is 22.8. The molecule has 1 atom stereocenters. The van der Waals surface area contributed by atoms with Crippen molar-refractivity contribution in [3.63, 3.8) is 0 Å². The Balaban J connectivity index is 1.79. The van der Waals surface area contributed by atoms with E-state index in [1.165, 1.54) is 23.3 Å². The summed E-state index contributed by atoms with van der Waals surface area (Å²) >= 11 is 0. The normalized spacial score (nSPS) is 12.1. The molecule has 0 spiro atoms. The van der Waals surface area contributed by atoms with Gasteiger partial charge in [-0.25, -0.2) is 4.39 Å². The van der Waals surface area contributed by atoms with Crippen LogP contribution in [0.3, 0.4) is 0 Å². The second-order valence-corrected chi connectivity index (χ2v) is 8.59. The molecule has 0 unspecified atom stereocenters. The van der Waals surface area contributed by atoms with Crippen LogP contribution < -0.4 is 0 Å². The van der Waals surface area contributed by atoms with Crippen LogP contribution in [0.25, 0.3) is 10.9 Å². The minimum absolute atomic E-state index is 0.115. The molecule has 4 heteroatoms. The van der Waals surface area contributed by atoms with Gasteiger partial charge in [0.05, 0.1) is 0 Å². The van der Waals surface area contributed by atoms with Crippen LogP contribution in [0.4, 0.5) is 4.39 Å². The molecule has 0 bridgehead atoms. The fraction of sp³-hybridized carbons (Fsp3) is 0.276. The van der Waals surface area contributed by atoms with Crippen molar-refractivity contribution in [2.75, 3.05) is 13.1 Å². The lowest BCUT2D eigenvalue weighted by Gasteiger charge is -2.23. The number of para-hydroxylation sites is 1. The van der Waals surface area contributed by atoms with Gasteiger partial charge in [-0.1, -0.05) is 60.2 Å². The number of carbonyl (C=O) groups is 1. The maximum Gasteiger partial charge on any atom is 0.223 e. The third-order valence-electron chi connectivity index (χ3n) is 6.44. The lowest BCUT2D eigenvalue weighted by molar-refractivity contribution is -0.131. The van der Waals surface area contributed by atoms with E-state index >= 15 is 0 Å². The van der Waals surface area contributed by atoms with Crippen LogP contribution in [0, 0.1) is 12.7 Å². The fourth-order valence-corrected chi connectivity index (χ4v) is 4.56. The molecule has 4 rings (SSSR count). The standard InChI is InChI=1S/C29H31FN2O/c1-4-31(5-2)29(33)18-26(23-14-16-24(30)17-15-23)27-20-32(28-9-7-6-8-25(27)28)19-22-12-10-21(3)11-13-22/h6-17,20,26H,4-5,18-19H2,1-3H3/t26-/m0/s1. The van der Waals surface area contributed by atoms with E-state index in [4.69, 9.17) is 0 Å². The topological polar surface area (TPSA) is 25.2 Å². The molecule has 0 aliphatic carbocycles. The highest BCUT2D eigenvalue weighted by molar-refractivity contribution is 5.86. The van der Waals surface area contributed by atoms with E-state index in [0.717, 1.165) is 28.6 Å². The van der Waals surface area contributed by atoms with Crippen LogP contribution in [0.1, 0.15) is 48.4 Å². The maximum absolute atomic E-state index is 13.7. The third-order valence-corrected chi connectivity index (χ3v) is 6.44. The lowest BCUT2D eigenvalue weighted by Crippen LogP contribution is -2.31. The number of hydrogen-bond donors (Lipinski definition) is 0. The molecular formula is C29H31FN2O. The van der Waals surface area contributed by atoms with Crippen LogP contribution in [0.15, 0.2) is 79.0 Å². The van der Waals surface area contributed by atoms with Crippen molar-refractivity contribution in [2.24, 2.45) is 0 Å². The van der Waals surface area contributed by atoms with Gasteiger partial charge in [0.15, 0.2) is 0 Å². The second kappa shape index (κ2) is 10.0. The molecule has 0 N–H and O–H groups in total. The minimum atomic E-state index is -0.269. The van der Waals surface area contributed by atoms with Crippen molar-refractivity contribution in [3.8, 4) is 0 Å². The van der Waals surface area contributed by atoms with Gasteiger partial charge in [-0.05, 0) is 55.7 Å². The Labute approximate surface area is 195 Å². The molecule has 0 aliphatic rings. The second-order valence-electron chi connectivity index (χ2n) is 8.59. The smallest absolute Gasteiger partial charge is 0.223 e. The number of rotatable bonds is 8. The number of aromatic nitrogens is 1. The van der Waals surface area contributed by atoms with Gasteiger partial charge in [0.2, 0.25) is 5.91 Å². The first-order valence-corrected chi connectivity index (χ1v) is 11.7. The fourth-order valence-electron chi connectivity index (χ4n) is 4.56. The Kier molecular flexibility index (Phi) is 6.93. The average Bonchev–Trinajstić information content (AvgIpc) is 3.18. The summed E-state index contributed by atoms with van der Waals surface area (Å²) in [6.45, 7) is 8.21. The van der Waals surface area contributed by atoms with Crippen molar-refractivity contribution in [1.82, 2.24) is 9.47 Å². The molecule has 0 radical (unpaired) electrons. The Bertz CT molecular complexity index is 1220. The molecule has 0 aliphatic heterocycles. The first-order chi connectivity index (χ1) is 16.0. The van der Waals surface area contributed by atoms with Gasteiger partial charge in [0.1, 0.15) is 5.82 Å². The third kappa shape index (κ3) is 5.00. The Morgan fingerprint density at radius 3 is 2.27 bits per heavy atom. The van der Waals surface area contributed by atoms with Crippen molar-refractivity contribution in [1.29, 1.82) is 0 Å². The number of hydrogen-bond acceptors (Lipinski definition) is 1. The number of benzene rings is 3. The SMILES string of the molecule is CCN(CC)C(=O)C[C@@H](c1ccc(F)cc1)c1cn(Cc2ccc(C)cc2)c2ccccc12. The molecule has 3 nitrogen and oxygen atoms in total. The summed E-state index contributed by atoms with van der Waals surface area (Å²) in [6.07, 6.45) is 2.53. The summed E-state index contributed by atoms with van der Waals surface area (Å²) in [6, 6.07) is 23.5. The summed E-state index contributed by atoms with van der Waals surface area (Å²) in [4.78, 5) is 15.0. The number of aryl methyl sites for hydroxylation is 1. The molecule has 0 fully saturated rings. The number of fused-ring (bicyclic) bond motifs is 1. The minimum Gasteiger partial charge on any atom is -0.343 e. The molecule has 33 heavy (non-hydrogen) atoms. The van der Waals surface area contributed by atoms with Crippen molar-refractivity contribution in [3.05, 3.63) is 107 Å². The van der Waals surface area contributed by atoms with E-state index in [0.29, 0.717) is 19.5 Å². The molecule has 1 heterocycles. The van der Waals surface area contributed by atoms with Gasteiger partial charge < -0.3 is 9.47 Å². The van der Waals surface area contributed by atoms with Crippen molar-refractivity contribution < 1.29 is 9.18 Å². The van der Waals surface area contributed by atoms with E-state index < -0.39 is 0 Å². The predicted molar refractivity (Wildman–Crippen MR) is 133 cm³/mol.